The van der Waals surface area contributed by atoms with Crippen LogP contribution in [0.4, 0.5) is 0 Å². The Morgan fingerprint density at radius 1 is 0.840 bits per heavy atom. The van der Waals surface area contributed by atoms with Gasteiger partial charge >= 0.3 is 0 Å². The van der Waals surface area contributed by atoms with Crippen molar-refractivity contribution in [3.8, 4) is 0 Å². The molecule has 2 heterocycles. The Bertz CT molecular complexity index is 605. The lowest BCUT2D eigenvalue weighted by Gasteiger charge is -2.37. The molecule has 0 saturated carbocycles. The highest BCUT2D eigenvalue weighted by Crippen LogP contribution is 2.32. The number of fused-ring (bicyclic) bond motifs is 2. The molecule has 0 aromatic heterocycles. The molecule has 2 aliphatic heterocycles. The predicted molar refractivity (Wildman–Crippen MR) is 90.7 cm³/mol. The zero-order chi connectivity index (χ0) is 17.1. The summed E-state index contributed by atoms with van der Waals surface area (Å²) in [7, 11) is 0. The van der Waals surface area contributed by atoms with Gasteiger partial charge in [0.15, 0.2) is 6.29 Å². The molecule has 0 aliphatic carbocycles. The van der Waals surface area contributed by atoms with E-state index in [0.717, 1.165) is 11.1 Å². The average Bonchev–Trinajstić information content (AvgIpc) is 3.09. The summed E-state index contributed by atoms with van der Waals surface area (Å²) < 4.78 is 23.4. The SMILES string of the molecule is OC1C(OCc2ccccc2)C2COC(O2)C1OCc1ccccc1. The Balaban J connectivity index is 1.40. The molecule has 5 unspecified atom stereocenters. The van der Waals surface area contributed by atoms with Crippen LogP contribution in [0.15, 0.2) is 60.7 Å². The minimum absolute atomic E-state index is 0.264. The van der Waals surface area contributed by atoms with Crippen LogP contribution in [0.2, 0.25) is 0 Å². The summed E-state index contributed by atoms with van der Waals surface area (Å²) in [5.74, 6) is 0. The molecule has 2 aliphatic rings. The second kappa shape index (κ2) is 7.64. The van der Waals surface area contributed by atoms with Gasteiger partial charge in [0.2, 0.25) is 0 Å². The molecule has 2 aromatic carbocycles. The highest BCUT2D eigenvalue weighted by atomic mass is 16.8. The fraction of sp³-hybridized carbons (Fsp3) is 0.400. The summed E-state index contributed by atoms with van der Waals surface area (Å²) in [6.07, 6.45) is -2.64. The quantitative estimate of drug-likeness (QED) is 0.873. The van der Waals surface area contributed by atoms with Crippen molar-refractivity contribution in [1.29, 1.82) is 0 Å². The van der Waals surface area contributed by atoms with Crippen molar-refractivity contribution in [2.45, 2.75) is 43.9 Å². The molecule has 5 atom stereocenters. The Morgan fingerprint density at radius 3 is 2.00 bits per heavy atom. The van der Waals surface area contributed by atoms with Crippen LogP contribution >= 0.6 is 0 Å². The van der Waals surface area contributed by atoms with E-state index in [4.69, 9.17) is 18.9 Å². The van der Waals surface area contributed by atoms with E-state index in [1.54, 1.807) is 0 Å². The van der Waals surface area contributed by atoms with E-state index in [-0.39, 0.29) is 6.10 Å². The molecule has 2 aromatic rings. The molecular formula is C20H22O5. The van der Waals surface area contributed by atoms with Gasteiger partial charge in [-0.2, -0.15) is 0 Å². The van der Waals surface area contributed by atoms with Crippen LogP contribution < -0.4 is 0 Å². The van der Waals surface area contributed by atoms with Crippen LogP contribution in [-0.2, 0) is 32.2 Å². The van der Waals surface area contributed by atoms with Gasteiger partial charge in [-0.25, -0.2) is 0 Å². The van der Waals surface area contributed by atoms with E-state index in [0.29, 0.717) is 19.8 Å². The summed E-state index contributed by atoms with van der Waals surface area (Å²) in [6.45, 7) is 1.22. The first kappa shape index (κ1) is 16.7. The molecule has 0 amide bonds. The molecule has 4 rings (SSSR count). The number of rotatable bonds is 6. The van der Waals surface area contributed by atoms with Crippen LogP contribution in [0.1, 0.15) is 11.1 Å². The second-order valence-corrected chi connectivity index (χ2v) is 6.39. The van der Waals surface area contributed by atoms with E-state index in [1.165, 1.54) is 0 Å². The third-order valence-corrected chi connectivity index (χ3v) is 4.61. The highest BCUT2D eigenvalue weighted by molar-refractivity contribution is 5.14. The summed E-state index contributed by atoms with van der Waals surface area (Å²) in [6, 6.07) is 19.7. The average molecular weight is 342 g/mol. The minimum atomic E-state index is -0.793. The van der Waals surface area contributed by atoms with Crippen molar-refractivity contribution >= 4 is 0 Å². The van der Waals surface area contributed by atoms with Gasteiger partial charge in [0.1, 0.15) is 24.4 Å². The van der Waals surface area contributed by atoms with E-state index in [1.807, 2.05) is 60.7 Å². The zero-order valence-electron chi connectivity index (χ0n) is 13.9. The van der Waals surface area contributed by atoms with Gasteiger partial charge in [-0.05, 0) is 11.1 Å². The minimum Gasteiger partial charge on any atom is -0.387 e. The molecule has 0 spiro atoms. The molecule has 2 saturated heterocycles. The van der Waals surface area contributed by atoms with Gasteiger partial charge in [0.05, 0.1) is 19.8 Å². The van der Waals surface area contributed by atoms with Crippen LogP contribution in [0.5, 0.6) is 0 Å². The maximum atomic E-state index is 10.8. The number of hydrogen-bond acceptors (Lipinski definition) is 5. The maximum Gasteiger partial charge on any atom is 0.187 e. The van der Waals surface area contributed by atoms with Gasteiger partial charge < -0.3 is 24.1 Å². The first-order valence-electron chi connectivity index (χ1n) is 8.57. The lowest BCUT2D eigenvalue weighted by atomic mass is 10.0. The van der Waals surface area contributed by atoms with Crippen LogP contribution in [0.3, 0.4) is 0 Å². The second-order valence-electron chi connectivity index (χ2n) is 6.39. The first-order chi connectivity index (χ1) is 12.3. The monoisotopic (exact) mass is 342 g/mol. The summed E-state index contributed by atoms with van der Waals surface area (Å²) in [5.41, 5.74) is 2.09. The fourth-order valence-electron chi connectivity index (χ4n) is 3.27. The van der Waals surface area contributed by atoms with Crippen molar-refractivity contribution in [2.75, 3.05) is 6.61 Å². The zero-order valence-corrected chi connectivity index (χ0v) is 13.9. The maximum absolute atomic E-state index is 10.8. The molecule has 0 radical (unpaired) electrons. The van der Waals surface area contributed by atoms with Gasteiger partial charge in [-0.1, -0.05) is 60.7 Å². The standard InChI is InChI=1S/C20H22O5/c21-17-18(22-11-14-7-3-1-4-8-14)16-13-24-20(25-16)19(17)23-12-15-9-5-2-6-10-15/h1-10,16-21H,11-13H2. The number of hydrogen-bond donors (Lipinski definition) is 1. The lowest BCUT2D eigenvalue weighted by Crippen LogP contribution is -2.55. The summed E-state index contributed by atoms with van der Waals surface area (Å²) >= 11 is 0. The highest BCUT2D eigenvalue weighted by Gasteiger charge is 2.51. The van der Waals surface area contributed by atoms with Crippen molar-refractivity contribution < 1.29 is 24.1 Å². The largest absolute Gasteiger partial charge is 0.387 e. The summed E-state index contributed by atoms with van der Waals surface area (Å²) in [4.78, 5) is 0. The Morgan fingerprint density at radius 2 is 1.40 bits per heavy atom. The number of ether oxygens (including phenoxy) is 4. The molecule has 5 nitrogen and oxygen atoms in total. The third-order valence-electron chi connectivity index (χ3n) is 4.61. The third kappa shape index (κ3) is 3.76. The molecule has 2 bridgehead atoms. The van der Waals surface area contributed by atoms with E-state index in [9.17, 15) is 5.11 Å². The molecular weight excluding hydrogens is 320 g/mol. The normalized spacial score (nSPS) is 31.2. The van der Waals surface area contributed by atoms with Crippen LogP contribution in [0.25, 0.3) is 0 Å². The Kier molecular flexibility index (Phi) is 5.10. The molecule has 25 heavy (non-hydrogen) atoms. The number of aliphatic hydroxyl groups excluding tert-OH is 1. The van der Waals surface area contributed by atoms with E-state index in [2.05, 4.69) is 0 Å². The van der Waals surface area contributed by atoms with Crippen molar-refractivity contribution in [3.05, 3.63) is 71.8 Å². The van der Waals surface area contributed by atoms with Gasteiger partial charge in [0, 0.05) is 0 Å². The Hall–Kier alpha value is -1.76. The van der Waals surface area contributed by atoms with Crippen molar-refractivity contribution in [2.24, 2.45) is 0 Å². The molecule has 132 valence electrons. The van der Waals surface area contributed by atoms with Gasteiger partial charge in [-0.3, -0.25) is 0 Å². The lowest BCUT2D eigenvalue weighted by molar-refractivity contribution is -0.255. The van der Waals surface area contributed by atoms with Gasteiger partial charge in [0.25, 0.3) is 0 Å². The topological polar surface area (TPSA) is 57.2 Å². The fourth-order valence-corrected chi connectivity index (χ4v) is 3.27. The van der Waals surface area contributed by atoms with Crippen LogP contribution in [-0.4, -0.2) is 42.4 Å². The molecule has 5 heteroatoms. The summed E-state index contributed by atoms with van der Waals surface area (Å²) in [5, 5.41) is 10.8. The van der Waals surface area contributed by atoms with Crippen LogP contribution in [0, 0.1) is 0 Å². The smallest absolute Gasteiger partial charge is 0.187 e. The van der Waals surface area contributed by atoms with E-state index >= 15 is 0 Å². The number of aliphatic hydroxyl groups is 1. The van der Waals surface area contributed by atoms with Crippen molar-refractivity contribution in [1.82, 2.24) is 0 Å². The molecule has 2 fully saturated rings. The number of benzene rings is 2. The van der Waals surface area contributed by atoms with Gasteiger partial charge in [-0.15, -0.1) is 0 Å². The van der Waals surface area contributed by atoms with E-state index < -0.39 is 24.6 Å². The molecule has 1 N–H and O–H groups in total. The predicted octanol–water partition coefficient (Wildman–Crippen LogP) is 2.27. The Labute approximate surface area is 147 Å². The van der Waals surface area contributed by atoms with Crippen molar-refractivity contribution in [3.63, 3.8) is 0 Å². The first-order valence-corrected chi connectivity index (χ1v) is 8.57.